The summed E-state index contributed by atoms with van der Waals surface area (Å²) in [5.74, 6) is 0. The van der Waals surface area contributed by atoms with Crippen LogP contribution in [0.3, 0.4) is 0 Å². The summed E-state index contributed by atoms with van der Waals surface area (Å²) in [6, 6.07) is 0. The van der Waals surface area contributed by atoms with Crippen LogP contribution in [0.2, 0.25) is 0 Å². The van der Waals surface area contributed by atoms with Crippen molar-refractivity contribution in [2.45, 2.75) is 25.6 Å². The predicted octanol–water partition coefficient (Wildman–Crippen LogP) is 2.41. The van der Waals surface area contributed by atoms with Crippen LogP contribution in [0.1, 0.15) is 13.3 Å². The summed E-state index contributed by atoms with van der Waals surface area (Å²) in [6.45, 7) is 1.06. The average Bonchev–Trinajstić information content (AvgIpc) is 1.78. The lowest BCUT2D eigenvalue weighted by atomic mass is 10.3. The lowest BCUT2D eigenvalue weighted by Gasteiger charge is -2.18. The van der Waals surface area contributed by atoms with Crippen molar-refractivity contribution < 1.29 is 31.4 Å². The molecule has 0 aliphatic carbocycles. The summed E-state index contributed by atoms with van der Waals surface area (Å²) in [5, 5.41) is 0. The minimum absolute atomic E-state index is 0.613. The first-order valence-corrected chi connectivity index (χ1v) is 4.41. The Hall–Kier alpha value is -0.130. The van der Waals surface area contributed by atoms with Crippen LogP contribution >= 0.6 is 7.91 Å². The van der Waals surface area contributed by atoms with Crippen LogP contribution in [-0.2, 0) is 9.09 Å². The SMILES string of the molecule is CCC(OP(=O)(O)F)C(F)(F)F. The zero-order valence-electron chi connectivity index (χ0n) is 6.01. The van der Waals surface area contributed by atoms with Crippen LogP contribution in [0.15, 0.2) is 0 Å². The molecule has 0 amide bonds. The van der Waals surface area contributed by atoms with Crippen molar-refractivity contribution in [3.63, 3.8) is 0 Å². The smallest absolute Gasteiger partial charge is 0.299 e. The first-order chi connectivity index (χ1) is 5.17. The van der Waals surface area contributed by atoms with Gasteiger partial charge in [-0.15, -0.1) is 4.20 Å². The molecule has 8 heteroatoms. The molecule has 0 heterocycles. The summed E-state index contributed by atoms with van der Waals surface area (Å²) in [6.07, 6.45) is -7.96. The predicted molar refractivity (Wildman–Crippen MR) is 32.2 cm³/mol. The van der Waals surface area contributed by atoms with Crippen LogP contribution in [0.25, 0.3) is 0 Å². The molecular formula is C4H7F4O3P. The molecule has 0 saturated carbocycles. The van der Waals surface area contributed by atoms with E-state index in [1.54, 1.807) is 0 Å². The fourth-order valence-electron chi connectivity index (χ4n) is 0.523. The third-order valence-electron chi connectivity index (χ3n) is 0.993. The van der Waals surface area contributed by atoms with Crippen molar-refractivity contribution in [2.75, 3.05) is 0 Å². The second-order valence-electron chi connectivity index (χ2n) is 2.00. The molecule has 74 valence electrons. The lowest BCUT2D eigenvalue weighted by molar-refractivity contribution is -0.198. The molecule has 0 saturated heterocycles. The van der Waals surface area contributed by atoms with Gasteiger partial charge in [-0.1, -0.05) is 6.92 Å². The van der Waals surface area contributed by atoms with Gasteiger partial charge in [0.05, 0.1) is 0 Å². The molecule has 0 aromatic rings. The summed E-state index contributed by atoms with van der Waals surface area (Å²) in [4.78, 5) is 7.85. The van der Waals surface area contributed by atoms with Gasteiger partial charge >= 0.3 is 14.1 Å². The molecular weight excluding hydrogens is 203 g/mol. The minimum Gasteiger partial charge on any atom is -0.299 e. The molecule has 1 N–H and O–H groups in total. The lowest BCUT2D eigenvalue weighted by Crippen LogP contribution is -2.29. The minimum atomic E-state index is -5.55. The van der Waals surface area contributed by atoms with E-state index in [1.165, 1.54) is 0 Å². The highest BCUT2D eigenvalue weighted by Gasteiger charge is 2.43. The van der Waals surface area contributed by atoms with Gasteiger partial charge in [-0.2, -0.15) is 13.2 Å². The molecule has 3 nitrogen and oxygen atoms in total. The number of rotatable bonds is 3. The quantitative estimate of drug-likeness (QED) is 0.574. The molecule has 2 atom stereocenters. The van der Waals surface area contributed by atoms with E-state index in [-0.39, 0.29) is 0 Å². The number of hydrogen-bond donors (Lipinski definition) is 1. The first kappa shape index (κ1) is 11.9. The topological polar surface area (TPSA) is 46.5 Å². The van der Waals surface area contributed by atoms with Crippen molar-refractivity contribution in [1.29, 1.82) is 0 Å². The second kappa shape index (κ2) is 3.72. The van der Waals surface area contributed by atoms with E-state index >= 15 is 0 Å². The standard InChI is InChI=1S/C4H7F4O3P/c1-2-3(4(5,6)7)11-12(8,9)10/h3H,2H2,1H3,(H,9,10). The first-order valence-electron chi connectivity index (χ1n) is 2.94. The van der Waals surface area contributed by atoms with Crippen molar-refractivity contribution in [3.05, 3.63) is 0 Å². The molecule has 0 rings (SSSR count). The van der Waals surface area contributed by atoms with Gasteiger partial charge < -0.3 is 0 Å². The molecule has 0 aromatic carbocycles. The highest BCUT2D eigenvalue weighted by Crippen LogP contribution is 2.47. The van der Waals surface area contributed by atoms with Crippen LogP contribution in [-0.4, -0.2) is 17.2 Å². The maximum Gasteiger partial charge on any atom is 0.511 e. The fraction of sp³-hybridized carbons (Fsp3) is 1.00. The zero-order chi connectivity index (χ0) is 9.99. The Labute approximate surface area is 66.0 Å². The Morgan fingerprint density at radius 3 is 2.08 bits per heavy atom. The summed E-state index contributed by atoms with van der Waals surface area (Å²) >= 11 is 0. The van der Waals surface area contributed by atoms with Crippen LogP contribution in [0, 0.1) is 0 Å². The largest absolute Gasteiger partial charge is 0.511 e. The zero-order valence-corrected chi connectivity index (χ0v) is 6.90. The highest BCUT2D eigenvalue weighted by atomic mass is 31.2. The summed E-state index contributed by atoms with van der Waals surface area (Å²) in [7, 11) is -5.55. The average molecular weight is 210 g/mol. The number of hydrogen-bond acceptors (Lipinski definition) is 2. The van der Waals surface area contributed by atoms with Gasteiger partial charge in [0.2, 0.25) is 0 Å². The van der Waals surface area contributed by atoms with Gasteiger partial charge in [-0.05, 0) is 6.42 Å². The number of halogens is 4. The van der Waals surface area contributed by atoms with E-state index in [4.69, 9.17) is 4.89 Å². The van der Waals surface area contributed by atoms with Gasteiger partial charge in [0.25, 0.3) is 0 Å². The van der Waals surface area contributed by atoms with Crippen LogP contribution in [0.5, 0.6) is 0 Å². The fourth-order valence-corrected chi connectivity index (χ4v) is 1.11. The maximum absolute atomic E-state index is 11.7. The second-order valence-corrected chi connectivity index (χ2v) is 3.11. The molecule has 0 aliphatic heterocycles. The van der Waals surface area contributed by atoms with Crippen molar-refractivity contribution in [2.24, 2.45) is 0 Å². The molecule has 0 bridgehead atoms. The molecule has 0 aliphatic rings. The molecule has 0 radical (unpaired) electrons. The van der Waals surface area contributed by atoms with E-state index in [1.807, 2.05) is 0 Å². The van der Waals surface area contributed by atoms with E-state index in [9.17, 15) is 21.9 Å². The van der Waals surface area contributed by atoms with E-state index < -0.39 is 26.6 Å². The van der Waals surface area contributed by atoms with Gasteiger partial charge in [-0.25, -0.2) is 4.57 Å². The Bertz CT molecular complexity index is 185. The molecule has 0 aromatic heterocycles. The molecule has 2 unspecified atom stereocenters. The highest BCUT2D eigenvalue weighted by molar-refractivity contribution is 7.46. The van der Waals surface area contributed by atoms with Gasteiger partial charge in [-0.3, -0.25) is 9.42 Å². The van der Waals surface area contributed by atoms with E-state index in [2.05, 4.69) is 4.52 Å². The Balaban J connectivity index is 4.30. The third kappa shape index (κ3) is 4.69. The van der Waals surface area contributed by atoms with Crippen molar-refractivity contribution in [1.82, 2.24) is 0 Å². The van der Waals surface area contributed by atoms with Gasteiger partial charge in [0.15, 0.2) is 6.10 Å². The maximum atomic E-state index is 11.7. The van der Waals surface area contributed by atoms with Gasteiger partial charge in [0, 0.05) is 0 Å². The Morgan fingerprint density at radius 2 is 2.00 bits per heavy atom. The normalized spacial score (nSPS) is 20.2. The summed E-state index contributed by atoms with van der Waals surface area (Å²) in [5.41, 5.74) is 0. The van der Waals surface area contributed by atoms with Crippen molar-refractivity contribution in [3.8, 4) is 0 Å². The van der Waals surface area contributed by atoms with E-state index in [0.29, 0.717) is 0 Å². The monoisotopic (exact) mass is 210 g/mol. The van der Waals surface area contributed by atoms with Gasteiger partial charge in [0.1, 0.15) is 0 Å². The molecule has 0 fully saturated rings. The third-order valence-corrected chi connectivity index (χ3v) is 1.51. The molecule has 12 heavy (non-hydrogen) atoms. The van der Waals surface area contributed by atoms with Crippen LogP contribution in [0.4, 0.5) is 17.4 Å². The van der Waals surface area contributed by atoms with Crippen molar-refractivity contribution >= 4 is 7.91 Å². The van der Waals surface area contributed by atoms with E-state index in [0.717, 1.165) is 6.92 Å². The molecule has 0 spiro atoms. The van der Waals surface area contributed by atoms with Crippen LogP contribution < -0.4 is 0 Å². The number of alkyl halides is 3. The Morgan fingerprint density at radius 1 is 1.58 bits per heavy atom. The summed E-state index contributed by atoms with van der Waals surface area (Å²) < 4.78 is 60.0. The Kier molecular flexibility index (Phi) is 3.68.